The first kappa shape index (κ1) is 19.9. The van der Waals surface area contributed by atoms with Crippen LogP contribution in [-0.2, 0) is 6.42 Å². The number of nitrogens with one attached hydrogen (secondary N) is 2. The van der Waals surface area contributed by atoms with Crippen LogP contribution in [0.4, 0.5) is 15.9 Å². The molecule has 0 fully saturated rings. The van der Waals surface area contributed by atoms with Crippen molar-refractivity contribution in [3.63, 3.8) is 0 Å². The van der Waals surface area contributed by atoms with Gasteiger partial charge in [0.15, 0.2) is 11.6 Å². The van der Waals surface area contributed by atoms with Gasteiger partial charge in [-0.2, -0.15) is 4.39 Å². The van der Waals surface area contributed by atoms with Crippen LogP contribution in [-0.4, -0.2) is 26.6 Å². The molecule has 2 aromatic heterocycles. The number of aliphatic hydroxyl groups excluding tert-OH is 1. The molecule has 28 heavy (non-hydrogen) atoms. The molecule has 0 saturated carbocycles. The number of hydrogen-bond donors (Lipinski definition) is 4. The Balaban J connectivity index is 1.84. The maximum atomic E-state index is 14.3. The van der Waals surface area contributed by atoms with E-state index in [9.17, 15) is 9.50 Å². The van der Waals surface area contributed by atoms with Gasteiger partial charge in [0.2, 0.25) is 5.95 Å². The minimum atomic E-state index is -0.769. The van der Waals surface area contributed by atoms with Gasteiger partial charge in [-0.15, -0.1) is 0 Å². The van der Waals surface area contributed by atoms with Crippen LogP contribution in [0.2, 0.25) is 5.02 Å². The number of imidazole rings is 1. The summed E-state index contributed by atoms with van der Waals surface area (Å²) in [7, 11) is 0. The van der Waals surface area contributed by atoms with Crippen molar-refractivity contribution < 1.29 is 14.2 Å². The highest BCUT2D eigenvalue weighted by Crippen LogP contribution is 2.39. The van der Waals surface area contributed by atoms with E-state index < -0.39 is 12.1 Å². The minimum Gasteiger partial charge on any atom is -0.455 e. The highest BCUT2D eigenvalue weighted by molar-refractivity contribution is 6.34. The van der Waals surface area contributed by atoms with E-state index >= 15 is 0 Å². The highest BCUT2D eigenvalue weighted by Gasteiger charge is 2.19. The molecule has 0 saturated heterocycles. The van der Waals surface area contributed by atoms with E-state index in [4.69, 9.17) is 22.1 Å². The third kappa shape index (κ3) is 4.35. The second kappa shape index (κ2) is 8.45. The van der Waals surface area contributed by atoms with Gasteiger partial charge in [0, 0.05) is 41.7 Å². The van der Waals surface area contributed by atoms with Crippen LogP contribution < -0.4 is 15.8 Å². The summed E-state index contributed by atoms with van der Waals surface area (Å²) in [5.41, 5.74) is 7.92. The first-order valence-electron chi connectivity index (χ1n) is 8.69. The second-order valence-corrected chi connectivity index (χ2v) is 6.72. The molecule has 1 atom stereocenters. The molecule has 0 bridgehead atoms. The molecule has 0 aliphatic carbocycles. The van der Waals surface area contributed by atoms with Gasteiger partial charge >= 0.3 is 0 Å². The average Bonchev–Trinajstić information content (AvgIpc) is 3.17. The molecule has 3 rings (SSSR count). The number of pyridine rings is 1. The summed E-state index contributed by atoms with van der Waals surface area (Å²) in [4.78, 5) is 10.8. The first-order chi connectivity index (χ1) is 13.4. The highest BCUT2D eigenvalue weighted by atomic mass is 35.5. The largest absolute Gasteiger partial charge is 0.455 e. The summed E-state index contributed by atoms with van der Waals surface area (Å²) in [6.45, 7) is 3.61. The van der Waals surface area contributed by atoms with Crippen LogP contribution in [0.15, 0.2) is 30.7 Å². The first-order valence-corrected chi connectivity index (χ1v) is 9.06. The molecule has 2 heterocycles. The van der Waals surface area contributed by atoms with Gasteiger partial charge in [-0.25, -0.2) is 9.97 Å². The van der Waals surface area contributed by atoms with Crippen molar-refractivity contribution in [2.24, 2.45) is 0 Å². The van der Waals surface area contributed by atoms with E-state index in [0.717, 1.165) is 5.69 Å². The maximum Gasteiger partial charge on any atom is 0.221 e. The van der Waals surface area contributed by atoms with Gasteiger partial charge in [0.25, 0.3) is 0 Å². The number of benzene rings is 1. The molecule has 0 aliphatic heterocycles. The summed E-state index contributed by atoms with van der Waals surface area (Å²) in [5, 5.41) is 13.0. The zero-order chi connectivity index (χ0) is 20.3. The van der Waals surface area contributed by atoms with Crippen molar-refractivity contribution in [3.05, 3.63) is 58.5 Å². The van der Waals surface area contributed by atoms with E-state index in [1.54, 1.807) is 37.6 Å². The molecule has 7 nitrogen and oxygen atoms in total. The monoisotopic (exact) mass is 405 g/mol. The normalized spacial score (nSPS) is 12.0. The lowest BCUT2D eigenvalue weighted by atomic mass is 10.1. The summed E-state index contributed by atoms with van der Waals surface area (Å²) in [6.07, 6.45) is 3.17. The molecule has 1 unspecified atom stereocenters. The summed E-state index contributed by atoms with van der Waals surface area (Å²) < 4.78 is 20.2. The number of halogens is 2. The summed E-state index contributed by atoms with van der Waals surface area (Å²) in [5.74, 6) is 0.0312. The van der Waals surface area contributed by atoms with Gasteiger partial charge in [-0.3, -0.25) is 0 Å². The van der Waals surface area contributed by atoms with E-state index in [2.05, 4.69) is 20.3 Å². The minimum absolute atomic E-state index is 0.152. The molecule has 0 spiro atoms. The van der Waals surface area contributed by atoms with Gasteiger partial charge in [0.1, 0.15) is 10.8 Å². The Labute approximate surface area is 166 Å². The van der Waals surface area contributed by atoms with E-state index in [1.807, 2.05) is 0 Å². The van der Waals surface area contributed by atoms with Gasteiger partial charge < -0.3 is 25.9 Å². The Morgan fingerprint density at radius 3 is 2.89 bits per heavy atom. The zero-order valence-electron chi connectivity index (χ0n) is 15.5. The van der Waals surface area contributed by atoms with Crippen LogP contribution in [0.5, 0.6) is 11.5 Å². The predicted molar refractivity (Wildman–Crippen MR) is 106 cm³/mol. The lowest BCUT2D eigenvalue weighted by Crippen LogP contribution is -2.09. The smallest absolute Gasteiger partial charge is 0.221 e. The van der Waals surface area contributed by atoms with Gasteiger partial charge in [0.05, 0.1) is 12.4 Å². The number of rotatable bonds is 7. The van der Waals surface area contributed by atoms with E-state index in [1.165, 1.54) is 6.92 Å². The maximum absolute atomic E-state index is 14.3. The van der Waals surface area contributed by atoms with Crippen LogP contribution in [0, 0.1) is 12.9 Å². The standard InChI is InChI=1S/C19H21ClFN5O2/c1-10-17(28-13-3-4-15(22)14(7-13)11(2)27)16(20)19(26-18(10)21)24-6-5-12-8-23-9-25-12/h3-4,7-9,11,27H,5-6,22H2,1-2H3,(H,23,25)(H,24,26). The van der Waals surface area contributed by atoms with Crippen LogP contribution in [0.1, 0.15) is 29.8 Å². The lowest BCUT2D eigenvalue weighted by Gasteiger charge is -2.16. The third-order valence-electron chi connectivity index (χ3n) is 4.24. The van der Waals surface area contributed by atoms with Crippen molar-refractivity contribution in [3.8, 4) is 11.5 Å². The quantitative estimate of drug-likeness (QED) is 0.349. The van der Waals surface area contributed by atoms with Crippen molar-refractivity contribution in [1.82, 2.24) is 15.0 Å². The van der Waals surface area contributed by atoms with Crippen LogP contribution in [0.3, 0.4) is 0 Å². The fourth-order valence-electron chi connectivity index (χ4n) is 2.67. The van der Waals surface area contributed by atoms with Crippen molar-refractivity contribution in [2.45, 2.75) is 26.4 Å². The average molecular weight is 406 g/mol. The van der Waals surface area contributed by atoms with E-state index in [-0.39, 0.29) is 22.2 Å². The van der Waals surface area contributed by atoms with Crippen LogP contribution in [0.25, 0.3) is 0 Å². The Hall–Kier alpha value is -2.84. The molecule has 0 aliphatic rings. The zero-order valence-corrected chi connectivity index (χ0v) is 16.2. The molecule has 9 heteroatoms. The number of aromatic amines is 1. The predicted octanol–water partition coefficient (Wildman–Crippen LogP) is 3.99. The Bertz CT molecular complexity index is 963. The fraction of sp³-hybridized carbons (Fsp3) is 0.263. The van der Waals surface area contributed by atoms with Crippen molar-refractivity contribution in [1.29, 1.82) is 0 Å². The Morgan fingerprint density at radius 1 is 1.43 bits per heavy atom. The lowest BCUT2D eigenvalue weighted by molar-refractivity contribution is 0.199. The third-order valence-corrected chi connectivity index (χ3v) is 4.59. The molecular weight excluding hydrogens is 385 g/mol. The number of ether oxygens (including phenoxy) is 1. The molecular formula is C19H21ClFN5O2. The Kier molecular flexibility index (Phi) is 6.01. The molecule has 5 N–H and O–H groups in total. The summed E-state index contributed by atoms with van der Waals surface area (Å²) in [6, 6.07) is 4.84. The number of aromatic nitrogens is 3. The molecule has 0 amide bonds. The van der Waals surface area contributed by atoms with Gasteiger partial charge in [-0.1, -0.05) is 11.6 Å². The molecule has 1 aromatic carbocycles. The molecule has 0 radical (unpaired) electrons. The second-order valence-electron chi connectivity index (χ2n) is 6.34. The number of anilines is 2. The fourth-order valence-corrected chi connectivity index (χ4v) is 2.96. The summed E-state index contributed by atoms with van der Waals surface area (Å²) >= 11 is 6.42. The van der Waals surface area contributed by atoms with E-state index in [0.29, 0.717) is 30.0 Å². The SMILES string of the molecule is Cc1c(F)nc(NCCc2cnc[nH]2)c(Cl)c1Oc1ccc(N)c(C(C)O)c1. The van der Waals surface area contributed by atoms with Crippen molar-refractivity contribution in [2.75, 3.05) is 17.6 Å². The van der Waals surface area contributed by atoms with Gasteiger partial charge in [-0.05, 0) is 32.0 Å². The number of nitrogens with zero attached hydrogens (tertiary/aromatic N) is 2. The number of nitrogens with two attached hydrogens (primary N) is 1. The topological polar surface area (TPSA) is 109 Å². The number of hydrogen-bond acceptors (Lipinski definition) is 6. The van der Waals surface area contributed by atoms with Crippen LogP contribution >= 0.6 is 11.6 Å². The van der Waals surface area contributed by atoms with Crippen molar-refractivity contribution >= 4 is 23.1 Å². The number of aliphatic hydroxyl groups is 1. The number of H-pyrrole nitrogens is 1. The molecule has 3 aromatic rings. The molecule has 148 valence electrons. The number of nitrogen functional groups attached to an aromatic ring is 1. The Morgan fingerprint density at radius 2 is 2.21 bits per heavy atom.